The van der Waals surface area contributed by atoms with Gasteiger partial charge in [0.05, 0.1) is 11.9 Å². The first-order valence-corrected chi connectivity index (χ1v) is 8.93. The number of piperazine rings is 2. The largest absolute Gasteiger partial charge is 0.303 e. The fourth-order valence-corrected chi connectivity index (χ4v) is 3.93. The van der Waals surface area contributed by atoms with E-state index in [1.165, 1.54) is 43.9 Å². The first kappa shape index (κ1) is 15.8. The maximum Gasteiger partial charge on any atom is 0.0648 e. The lowest BCUT2D eigenvalue weighted by atomic mass is 10.1. The first-order chi connectivity index (χ1) is 11.7. The smallest absolute Gasteiger partial charge is 0.0648 e. The number of likely N-dealkylation sites (N-methyl/N-ethyl adjacent to an activating group) is 1. The Bertz CT molecular complexity index is 695. The summed E-state index contributed by atoms with van der Waals surface area (Å²) >= 11 is 0. The van der Waals surface area contributed by atoms with Gasteiger partial charge >= 0.3 is 0 Å². The van der Waals surface area contributed by atoms with Gasteiger partial charge in [-0.2, -0.15) is 5.10 Å². The van der Waals surface area contributed by atoms with Crippen LogP contribution in [0.4, 0.5) is 0 Å². The molecule has 0 radical (unpaired) electrons. The summed E-state index contributed by atoms with van der Waals surface area (Å²) in [5, 5.41) is 4.56. The van der Waals surface area contributed by atoms with Crippen molar-refractivity contribution in [3.05, 3.63) is 47.8 Å². The summed E-state index contributed by atoms with van der Waals surface area (Å²) in [5.41, 5.74) is 3.70. The van der Waals surface area contributed by atoms with E-state index in [1.807, 2.05) is 10.9 Å². The standard InChI is InChI=1S/C19H27N5/c1-16-4-3-5-18(10-16)24-13-17(11-20-24)12-22-7-9-23-8-6-21(2)14-19(23)15-22/h3-5,10-11,13,19H,6-9,12,14-15H2,1-2H3/t19-/m1/s1. The van der Waals surface area contributed by atoms with Crippen molar-refractivity contribution in [1.82, 2.24) is 24.5 Å². The van der Waals surface area contributed by atoms with E-state index in [0.29, 0.717) is 6.04 Å². The Morgan fingerprint density at radius 3 is 2.88 bits per heavy atom. The number of hydrogen-bond donors (Lipinski definition) is 0. The maximum absolute atomic E-state index is 4.56. The molecule has 5 nitrogen and oxygen atoms in total. The minimum Gasteiger partial charge on any atom is -0.303 e. The van der Waals surface area contributed by atoms with Crippen LogP contribution in [-0.2, 0) is 6.54 Å². The number of rotatable bonds is 3. The average molecular weight is 325 g/mol. The lowest BCUT2D eigenvalue weighted by molar-refractivity contribution is 0.0175. The van der Waals surface area contributed by atoms with Crippen molar-refractivity contribution in [3.63, 3.8) is 0 Å². The minimum atomic E-state index is 0.685. The molecule has 2 saturated heterocycles. The molecule has 4 rings (SSSR count). The van der Waals surface area contributed by atoms with E-state index >= 15 is 0 Å². The predicted molar refractivity (Wildman–Crippen MR) is 96.4 cm³/mol. The fraction of sp³-hybridized carbons (Fsp3) is 0.526. The molecule has 0 N–H and O–H groups in total. The highest BCUT2D eigenvalue weighted by atomic mass is 15.3. The van der Waals surface area contributed by atoms with E-state index in [2.05, 4.69) is 64.2 Å². The van der Waals surface area contributed by atoms with Gasteiger partial charge in [0.25, 0.3) is 0 Å². The van der Waals surface area contributed by atoms with Gasteiger partial charge in [-0.1, -0.05) is 12.1 Å². The third kappa shape index (κ3) is 3.38. The average Bonchev–Trinajstić information content (AvgIpc) is 3.03. The Morgan fingerprint density at radius 2 is 2.00 bits per heavy atom. The van der Waals surface area contributed by atoms with Crippen LogP contribution in [0.1, 0.15) is 11.1 Å². The van der Waals surface area contributed by atoms with Crippen LogP contribution in [0.5, 0.6) is 0 Å². The van der Waals surface area contributed by atoms with Crippen LogP contribution >= 0.6 is 0 Å². The highest BCUT2D eigenvalue weighted by Gasteiger charge is 2.30. The first-order valence-electron chi connectivity index (χ1n) is 8.93. The Morgan fingerprint density at radius 1 is 1.12 bits per heavy atom. The number of hydrogen-bond acceptors (Lipinski definition) is 4. The third-order valence-corrected chi connectivity index (χ3v) is 5.29. The molecule has 0 aliphatic carbocycles. The summed E-state index contributed by atoms with van der Waals surface area (Å²) in [6.07, 6.45) is 4.19. The van der Waals surface area contributed by atoms with Gasteiger partial charge in [0.2, 0.25) is 0 Å². The van der Waals surface area contributed by atoms with Crippen molar-refractivity contribution in [3.8, 4) is 5.69 Å². The lowest BCUT2D eigenvalue weighted by Crippen LogP contribution is -2.60. The molecule has 128 valence electrons. The van der Waals surface area contributed by atoms with E-state index in [9.17, 15) is 0 Å². The predicted octanol–water partition coefficient (Wildman–Crippen LogP) is 1.61. The molecule has 2 aliphatic rings. The van der Waals surface area contributed by atoms with Gasteiger partial charge in [-0.25, -0.2) is 4.68 Å². The molecule has 0 spiro atoms. The van der Waals surface area contributed by atoms with Gasteiger partial charge in [-0.15, -0.1) is 0 Å². The van der Waals surface area contributed by atoms with Crippen LogP contribution in [0.25, 0.3) is 5.69 Å². The zero-order valence-corrected chi connectivity index (χ0v) is 14.7. The summed E-state index contributed by atoms with van der Waals surface area (Å²) in [6.45, 7) is 10.3. The van der Waals surface area contributed by atoms with E-state index < -0.39 is 0 Å². The van der Waals surface area contributed by atoms with Crippen molar-refractivity contribution in [2.45, 2.75) is 19.5 Å². The molecule has 3 heterocycles. The Hall–Kier alpha value is -1.69. The number of benzene rings is 1. The molecule has 0 bridgehead atoms. The van der Waals surface area contributed by atoms with Crippen LogP contribution in [0.2, 0.25) is 0 Å². The molecular formula is C19H27N5. The van der Waals surface area contributed by atoms with Crippen molar-refractivity contribution < 1.29 is 0 Å². The van der Waals surface area contributed by atoms with Gasteiger partial charge < -0.3 is 4.90 Å². The Labute approximate surface area is 144 Å². The van der Waals surface area contributed by atoms with Crippen LogP contribution in [-0.4, -0.2) is 76.8 Å². The van der Waals surface area contributed by atoms with Crippen LogP contribution in [0.3, 0.4) is 0 Å². The van der Waals surface area contributed by atoms with Gasteiger partial charge in [-0.3, -0.25) is 9.80 Å². The van der Waals surface area contributed by atoms with Crippen LogP contribution in [0, 0.1) is 6.92 Å². The summed E-state index contributed by atoms with van der Waals surface area (Å²) in [5.74, 6) is 0. The van der Waals surface area contributed by atoms with E-state index in [0.717, 1.165) is 18.8 Å². The lowest BCUT2D eigenvalue weighted by Gasteiger charge is -2.46. The molecular weight excluding hydrogens is 298 g/mol. The van der Waals surface area contributed by atoms with Crippen LogP contribution < -0.4 is 0 Å². The van der Waals surface area contributed by atoms with Crippen molar-refractivity contribution >= 4 is 0 Å². The quantitative estimate of drug-likeness (QED) is 0.857. The zero-order chi connectivity index (χ0) is 16.5. The molecule has 1 aromatic heterocycles. The molecule has 24 heavy (non-hydrogen) atoms. The number of nitrogens with zero attached hydrogens (tertiary/aromatic N) is 5. The van der Waals surface area contributed by atoms with E-state index in [4.69, 9.17) is 0 Å². The normalized spacial score (nSPS) is 23.3. The van der Waals surface area contributed by atoms with Gasteiger partial charge in [-0.05, 0) is 31.7 Å². The SMILES string of the molecule is Cc1cccc(-n2cc(CN3CCN4CCN(C)C[C@@H]4C3)cn2)c1. The maximum atomic E-state index is 4.56. The molecule has 0 amide bonds. The second kappa shape index (κ2) is 6.67. The summed E-state index contributed by atoms with van der Waals surface area (Å²) in [4.78, 5) is 7.70. The topological polar surface area (TPSA) is 27.5 Å². The highest BCUT2D eigenvalue weighted by molar-refractivity contribution is 5.35. The molecule has 5 heteroatoms. The molecule has 1 atom stereocenters. The molecule has 2 aliphatic heterocycles. The molecule has 0 unspecified atom stereocenters. The van der Waals surface area contributed by atoms with E-state index in [-0.39, 0.29) is 0 Å². The van der Waals surface area contributed by atoms with Crippen LogP contribution in [0.15, 0.2) is 36.7 Å². The highest BCUT2D eigenvalue weighted by Crippen LogP contribution is 2.17. The third-order valence-electron chi connectivity index (χ3n) is 5.29. The zero-order valence-electron chi connectivity index (χ0n) is 14.7. The Kier molecular flexibility index (Phi) is 4.39. The summed E-state index contributed by atoms with van der Waals surface area (Å²) in [6, 6.07) is 9.18. The fourth-order valence-electron chi connectivity index (χ4n) is 3.93. The van der Waals surface area contributed by atoms with E-state index in [1.54, 1.807) is 0 Å². The summed E-state index contributed by atoms with van der Waals surface area (Å²) < 4.78 is 1.99. The van der Waals surface area contributed by atoms with Gasteiger partial charge in [0, 0.05) is 63.6 Å². The van der Waals surface area contributed by atoms with Crippen molar-refractivity contribution in [2.24, 2.45) is 0 Å². The number of fused-ring (bicyclic) bond motifs is 1. The van der Waals surface area contributed by atoms with Crippen molar-refractivity contribution in [2.75, 3.05) is 46.3 Å². The molecule has 2 fully saturated rings. The van der Waals surface area contributed by atoms with Crippen molar-refractivity contribution in [1.29, 1.82) is 0 Å². The summed E-state index contributed by atoms with van der Waals surface area (Å²) in [7, 11) is 2.24. The monoisotopic (exact) mass is 325 g/mol. The van der Waals surface area contributed by atoms with Gasteiger partial charge in [0.15, 0.2) is 0 Å². The minimum absolute atomic E-state index is 0.685. The molecule has 0 saturated carbocycles. The van der Waals surface area contributed by atoms with Gasteiger partial charge in [0.1, 0.15) is 0 Å². The number of aryl methyl sites for hydroxylation is 1. The Balaban J connectivity index is 1.41. The molecule has 2 aromatic rings. The number of aromatic nitrogens is 2. The molecule has 1 aromatic carbocycles. The second-order valence-electron chi connectivity index (χ2n) is 7.32. The second-order valence-corrected chi connectivity index (χ2v) is 7.32.